The number of phenolic OH excluding ortho intramolecular Hbond substituents is 2. The van der Waals surface area contributed by atoms with Gasteiger partial charge in [0.15, 0.2) is 0 Å². The summed E-state index contributed by atoms with van der Waals surface area (Å²) < 4.78 is 6.15. The van der Waals surface area contributed by atoms with Crippen molar-refractivity contribution in [1.82, 2.24) is 0 Å². The molecule has 4 rings (SSSR count). The lowest BCUT2D eigenvalue weighted by molar-refractivity contribution is 0.474. The van der Waals surface area contributed by atoms with Gasteiger partial charge in [-0.1, -0.05) is 0 Å². The molecular weight excluding hydrogens is 308 g/mol. The van der Waals surface area contributed by atoms with Crippen LogP contribution in [0.1, 0.15) is 5.56 Å². The first-order valence-electron chi connectivity index (χ1n) is 7.21. The molecule has 0 unspecified atom stereocenters. The number of furan rings is 1. The molecule has 0 aliphatic heterocycles. The van der Waals surface area contributed by atoms with Gasteiger partial charge in [0.1, 0.15) is 22.8 Å². The third-order valence-electron chi connectivity index (χ3n) is 3.90. The lowest BCUT2D eigenvalue weighted by atomic mass is 10.00. The van der Waals surface area contributed by atoms with Gasteiger partial charge in [-0.25, -0.2) is 0 Å². The molecule has 23 heavy (non-hydrogen) atoms. The van der Waals surface area contributed by atoms with Crippen LogP contribution in [0.2, 0.25) is 0 Å². The van der Waals surface area contributed by atoms with E-state index >= 15 is 0 Å². The van der Waals surface area contributed by atoms with E-state index in [1.165, 1.54) is 0 Å². The molecule has 0 aliphatic rings. The van der Waals surface area contributed by atoms with Crippen LogP contribution in [0.25, 0.3) is 33.4 Å². The Kier molecular flexibility index (Phi) is 3.13. The van der Waals surface area contributed by atoms with E-state index < -0.39 is 0 Å². The van der Waals surface area contributed by atoms with Crippen molar-refractivity contribution in [2.45, 2.75) is 6.92 Å². The fraction of sp³-hybridized carbons (Fsp3) is 0.0526. The summed E-state index contributed by atoms with van der Waals surface area (Å²) in [7, 11) is 0. The van der Waals surface area contributed by atoms with E-state index in [1.54, 1.807) is 35.6 Å². The number of hydrogen-bond acceptors (Lipinski definition) is 4. The molecule has 4 aromatic rings. The molecule has 0 saturated carbocycles. The minimum Gasteiger partial charge on any atom is -0.508 e. The SMILES string of the molecule is Cc1cc(O)cc2c(-c3ccsc3)c(-c3ccc(O)cc3)oc12. The van der Waals surface area contributed by atoms with E-state index in [-0.39, 0.29) is 11.5 Å². The maximum atomic E-state index is 9.98. The number of aryl methyl sites for hydroxylation is 1. The lowest BCUT2D eigenvalue weighted by Crippen LogP contribution is -1.79. The Morgan fingerprint density at radius 1 is 0.913 bits per heavy atom. The third kappa shape index (κ3) is 2.28. The van der Waals surface area contributed by atoms with E-state index in [2.05, 4.69) is 5.38 Å². The van der Waals surface area contributed by atoms with Crippen molar-refractivity contribution in [2.24, 2.45) is 0 Å². The summed E-state index contributed by atoms with van der Waals surface area (Å²) >= 11 is 1.62. The number of aromatic hydroxyl groups is 2. The molecule has 0 atom stereocenters. The highest BCUT2D eigenvalue weighted by molar-refractivity contribution is 7.08. The molecule has 0 fully saturated rings. The van der Waals surface area contributed by atoms with Gasteiger partial charge in [-0.05, 0) is 71.3 Å². The van der Waals surface area contributed by atoms with Crippen molar-refractivity contribution in [3.63, 3.8) is 0 Å². The molecule has 0 radical (unpaired) electrons. The highest BCUT2D eigenvalue weighted by Gasteiger charge is 2.20. The van der Waals surface area contributed by atoms with Gasteiger partial charge >= 0.3 is 0 Å². The number of rotatable bonds is 2. The van der Waals surface area contributed by atoms with Crippen molar-refractivity contribution >= 4 is 22.3 Å². The van der Waals surface area contributed by atoms with Crippen molar-refractivity contribution in [3.8, 4) is 33.9 Å². The van der Waals surface area contributed by atoms with Gasteiger partial charge in [0.05, 0.1) is 0 Å². The molecule has 0 saturated heterocycles. The molecule has 114 valence electrons. The molecular formula is C19H14O3S. The standard InChI is InChI=1S/C19H14O3S/c1-11-8-15(21)9-16-17(13-6-7-23-10-13)19(22-18(11)16)12-2-4-14(20)5-3-12/h2-10,20-21H,1H3. The normalized spacial score (nSPS) is 11.2. The predicted octanol–water partition coefficient (Wildman–Crippen LogP) is 5.55. The summed E-state index contributed by atoms with van der Waals surface area (Å²) in [4.78, 5) is 0. The number of benzene rings is 2. The zero-order chi connectivity index (χ0) is 16.0. The molecule has 4 heteroatoms. The smallest absolute Gasteiger partial charge is 0.143 e. The van der Waals surface area contributed by atoms with Crippen molar-refractivity contribution < 1.29 is 14.6 Å². The van der Waals surface area contributed by atoms with E-state index in [4.69, 9.17) is 4.42 Å². The Hall–Kier alpha value is -2.72. The van der Waals surface area contributed by atoms with Gasteiger partial charge < -0.3 is 14.6 Å². The molecule has 0 bridgehead atoms. The van der Waals surface area contributed by atoms with Crippen LogP contribution in [-0.4, -0.2) is 10.2 Å². The summed E-state index contributed by atoms with van der Waals surface area (Å²) in [6.45, 7) is 1.92. The lowest BCUT2D eigenvalue weighted by Gasteiger charge is -2.02. The number of hydrogen-bond donors (Lipinski definition) is 2. The summed E-state index contributed by atoms with van der Waals surface area (Å²) in [5, 5.41) is 24.5. The van der Waals surface area contributed by atoms with Gasteiger partial charge in [0, 0.05) is 16.5 Å². The quantitative estimate of drug-likeness (QED) is 0.509. The third-order valence-corrected chi connectivity index (χ3v) is 4.58. The second-order valence-electron chi connectivity index (χ2n) is 5.50. The molecule has 2 heterocycles. The van der Waals surface area contributed by atoms with Gasteiger partial charge in [-0.3, -0.25) is 0 Å². The monoisotopic (exact) mass is 322 g/mol. The Bertz CT molecular complexity index is 980. The van der Waals surface area contributed by atoms with Crippen molar-refractivity contribution in [2.75, 3.05) is 0 Å². The first-order valence-corrected chi connectivity index (χ1v) is 8.16. The zero-order valence-electron chi connectivity index (χ0n) is 12.4. The summed E-state index contributed by atoms with van der Waals surface area (Å²) in [5.74, 6) is 1.19. The second-order valence-corrected chi connectivity index (χ2v) is 6.28. The highest BCUT2D eigenvalue weighted by atomic mass is 32.1. The first-order chi connectivity index (χ1) is 11.1. The zero-order valence-corrected chi connectivity index (χ0v) is 13.2. The summed E-state index contributed by atoms with van der Waals surface area (Å²) in [6.07, 6.45) is 0. The molecule has 0 spiro atoms. The van der Waals surface area contributed by atoms with Crippen LogP contribution in [-0.2, 0) is 0 Å². The maximum absolute atomic E-state index is 9.98. The van der Waals surface area contributed by atoms with Gasteiger partial charge in [-0.15, -0.1) is 0 Å². The Morgan fingerprint density at radius 3 is 2.39 bits per heavy atom. The van der Waals surface area contributed by atoms with Crippen LogP contribution in [0.4, 0.5) is 0 Å². The van der Waals surface area contributed by atoms with Crippen LogP contribution < -0.4 is 0 Å². The molecule has 2 aromatic carbocycles. The molecule has 2 N–H and O–H groups in total. The fourth-order valence-corrected chi connectivity index (χ4v) is 3.51. The van der Waals surface area contributed by atoms with Crippen LogP contribution >= 0.6 is 11.3 Å². The summed E-state index contributed by atoms with van der Waals surface area (Å²) in [5.41, 5.74) is 4.57. The first kappa shape index (κ1) is 13.9. The van der Waals surface area contributed by atoms with Gasteiger partial charge in [0.25, 0.3) is 0 Å². The van der Waals surface area contributed by atoms with E-state index in [9.17, 15) is 10.2 Å². The van der Waals surface area contributed by atoms with Gasteiger partial charge in [0.2, 0.25) is 0 Å². The van der Waals surface area contributed by atoms with E-state index in [0.29, 0.717) is 0 Å². The van der Waals surface area contributed by atoms with Gasteiger partial charge in [-0.2, -0.15) is 11.3 Å². The fourth-order valence-electron chi connectivity index (χ4n) is 2.86. The molecule has 0 aliphatic carbocycles. The minimum absolute atomic E-state index is 0.218. The Balaban J connectivity index is 2.09. The minimum atomic E-state index is 0.218. The van der Waals surface area contributed by atoms with E-state index in [0.717, 1.165) is 39.0 Å². The maximum Gasteiger partial charge on any atom is 0.143 e. The predicted molar refractivity (Wildman–Crippen MR) is 93.0 cm³/mol. The van der Waals surface area contributed by atoms with Crippen LogP contribution in [0.5, 0.6) is 11.5 Å². The highest BCUT2D eigenvalue weighted by Crippen LogP contribution is 2.43. The molecule has 3 nitrogen and oxygen atoms in total. The number of fused-ring (bicyclic) bond motifs is 1. The summed E-state index contributed by atoms with van der Waals surface area (Å²) in [6, 6.07) is 12.4. The average Bonchev–Trinajstić information content (AvgIpc) is 3.14. The van der Waals surface area contributed by atoms with Crippen molar-refractivity contribution in [3.05, 3.63) is 58.8 Å². The topological polar surface area (TPSA) is 53.6 Å². The van der Waals surface area contributed by atoms with Crippen molar-refractivity contribution in [1.29, 1.82) is 0 Å². The van der Waals surface area contributed by atoms with E-state index in [1.807, 2.05) is 30.5 Å². The largest absolute Gasteiger partial charge is 0.508 e. The average molecular weight is 322 g/mol. The van der Waals surface area contributed by atoms with Crippen LogP contribution in [0, 0.1) is 6.92 Å². The number of thiophene rings is 1. The van der Waals surface area contributed by atoms with Crippen LogP contribution in [0.3, 0.4) is 0 Å². The Labute approximate surface area is 137 Å². The molecule has 0 amide bonds. The molecule has 2 aromatic heterocycles. The van der Waals surface area contributed by atoms with Crippen LogP contribution in [0.15, 0.2) is 57.6 Å². The second kappa shape index (κ2) is 5.18. The Morgan fingerprint density at radius 2 is 1.70 bits per heavy atom. The number of phenols is 2.